The van der Waals surface area contributed by atoms with Crippen LogP contribution in [0.5, 0.6) is 17.2 Å². The fourth-order valence-electron chi connectivity index (χ4n) is 4.59. The van der Waals surface area contributed by atoms with Gasteiger partial charge >= 0.3 is 6.03 Å². The molecule has 1 atom stereocenters. The molecule has 2 aliphatic heterocycles. The molecule has 0 radical (unpaired) electrons. The molecule has 0 aliphatic carbocycles. The molecule has 3 N–H and O–H groups in total. The molecule has 1 fully saturated rings. The minimum atomic E-state index is -0.531. The summed E-state index contributed by atoms with van der Waals surface area (Å²) in [6.45, 7) is 3.48. The molecule has 0 saturated carbocycles. The van der Waals surface area contributed by atoms with Gasteiger partial charge in [-0.05, 0) is 68.3 Å². The first-order valence-corrected chi connectivity index (χ1v) is 13.0. The third-order valence-electron chi connectivity index (χ3n) is 6.41. The van der Waals surface area contributed by atoms with Gasteiger partial charge in [-0.15, -0.1) is 16.4 Å². The number of hydrogen-bond donors (Lipinski definition) is 3. The zero-order chi connectivity index (χ0) is 26.2. The van der Waals surface area contributed by atoms with E-state index in [4.69, 9.17) is 9.57 Å². The fraction of sp³-hybridized carbons (Fsp3) is 0.222. The summed E-state index contributed by atoms with van der Waals surface area (Å²) in [5.41, 5.74) is 1.63. The number of benzene rings is 2. The summed E-state index contributed by atoms with van der Waals surface area (Å²) in [6.07, 6.45) is 3.49. The molecule has 3 amide bonds. The summed E-state index contributed by atoms with van der Waals surface area (Å²) in [5, 5.41) is 11.0. The van der Waals surface area contributed by atoms with Gasteiger partial charge in [0.2, 0.25) is 0 Å². The Labute approximate surface area is 221 Å². The minimum Gasteiger partial charge on any atom is -0.457 e. The van der Waals surface area contributed by atoms with Crippen molar-refractivity contribution in [2.75, 3.05) is 23.5 Å². The number of nitrogens with zero attached hydrogens (tertiary/aromatic N) is 2. The molecule has 194 valence electrons. The van der Waals surface area contributed by atoms with Crippen molar-refractivity contribution in [1.82, 2.24) is 15.6 Å². The van der Waals surface area contributed by atoms with Crippen LogP contribution in [0.15, 0.2) is 54.7 Å². The molecule has 2 aromatic carbocycles. The third kappa shape index (κ3) is 4.61. The van der Waals surface area contributed by atoms with Gasteiger partial charge in [-0.2, -0.15) is 0 Å². The van der Waals surface area contributed by atoms with Gasteiger partial charge in [-0.25, -0.2) is 14.2 Å². The Morgan fingerprint density at radius 1 is 1.21 bits per heavy atom. The SMILES string of the molecule is Cc1cc(Oc2cccc(F)c2)ccc1ON1C(=O)Nc2c(C(=O)N[C@@H]3CCCNC3)sc3nccc1c23. The van der Waals surface area contributed by atoms with E-state index in [-0.39, 0.29) is 11.9 Å². The van der Waals surface area contributed by atoms with E-state index in [0.29, 0.717) is 49.3 Å². The summed E-state index contributed by atoms with van der Waals surface area (Å²) in [7, 11) is 0. The van der Waals surface area contributed by atoms with Crippen molar-refractivity contribution >= 4 is 44.9 Å². The summed E-state index contributed by atoms with van der Waals surface area (Å²) in [4.78, 5) is 37.8. The average molecular weight is 534 g/mol. The number of piperidine rings is 1. The zero-order valence-electron chi connectivity index (χ0n) is 20.4. The van der Waals surface area contributed by atoms with Gasteiger partial charge in [-0.1, -0.05) is 6.07 Å². The second kappa shape index (κ2) is 9.92. The Balaban J connectivity index is 1.26. The van der Waals surface area contributed by atoms with Crippen LogP contribution in [0.25, 0.3) is 10.2 Å². The molecule has 9 nitrogen and oxygen atoms in total. The smallest absolute Gasteiger partial charge is 0.359 e. The second-order valence-electron chi connectivity index (χ2n) is 9.14. The quantitative estimate of drug-likeness (QED) is 0.308. The Morgan fingerprint density at radius 3 is 2.87 bits per heavy atom. The van der Waals surface area contributed by atoms with Crippen molar-refractivity contribution in [1.29, 1.82) is 0 Å². The van der Waals surface area contributed by atoms with E-state index in [1.54, 1.807) is 42.6 Å². The van der Waals surface area contributed by atoms with E-state index in [9.17, 15) is 14.0 Å². The first-order valence-electron chi connectivity index (χ1n) is 12.2. The number of hydrogen-bond acceptors (Lipinski definition) is 7. The average Bonchev–Trinajstić information content (AvgIpc) is 3.27. The molecule has 4 aromatic rings. The molecule has 0 spiro atoms. The predicted molar refractivity (Wildman–Crippen MR) is 143 cm³/mol. The molecule has 4 heterocycles. The van der Waals surface area contributed by atoms with Crippen LogP contribution < -0.4 is 30.6 Å². The number of anilines is 2. The van der Waals surface area contributed by atoms with Gasteiger partial charge < -0.3 is 25.5 Å². The Hall–Kier alpha value is -4.22. The number of thiophene rings is 1. The van der Waals surface area contributed by atoms with Crippen molar-refractivity contribution in [3.05, 3.63) is 71.0 Å². The van der Waals surface area contributed by atoms with Gasteiger partial charge in [0, 0.05) is 24.8 Å². The standard InChI is InChI=1S/C27H24FN5O4S/c1-15-12-19(36-18-6-2-4-16(28)13-18)7-8-21(15)37-33-20-9-11-30-26-22(20)23(32-27(33)35)24(38-26)25(34)31-17-5-3-10-29-14-17/h2,4,6-9,11-13,17,29H,3,5,10,14H2,1H3,(H,31,34)(H,32,35)/t17-/m1/s1. The van der Waals surface area contributed by atoms with Gasteiger partial charge in [0.1, 0.15) is 32.7 Å². The highest BCUT2D eigenvalue weighted by atomic mass is 32.1. The van der Waals surface area contributed by atoms with Crippen LogP contribution in [-0.4, -0.2) is 36.1 Å². The lowest BCUT2D eigenvalue weighted by Crippen LogP contribution is -2.45. The van der Waals surface area contributed by atoms with Gasteiger partial charge in [0.05, 0.1) is 11.1 Å². The molecule has 0 unspecified atom stereocenters. The Bertz CT molecular complexity index is 1550. The van der Waals surface area contributed by atoms with Gasteiger partial charge in [-0.3, -0.25) is 4.79 Å². The topological polar surface area (TPSA) is 105 Å². The van der Waals surface area contributed by atoms with Gasteiger partial charge in [0.25, 0.3) is 5.91 Å². The Kier molecular flexibility index (Phi) is 6.30. The van der Waals surface area contributed by atoms with Crippen LogP contribution in [-0.2, 0) is 0 Å². The molecular weight excluding hydrogens is 509 g/mol. The van der Waals surface area contributed by atoms with Crippen LogP contribution in [0.2, 0.25) is 0 Å². The van der Waals surface area contributed by atoms with E-state index in [1.165, 1.54) is 23.5 Å². The maximum atomic E-state index is 13.5. The van der Waals surface area contributed by atoms with E-state index in [1.807, 2.05) is 6.92 Å². The van der Waals surface area contributed by atoms with Crippen LogP contribution in [0.4, 0.5) is 20.6 Å². The number of rotatable bonds is 6. The van der Waals surface area contributed by atoms with Crippen molar-refractivity contribution in [3.8, 4) is 17.2 Å². The number of hydroxylamine groups is 1. The number of carbonyl (C=O) groups excluding carboxylic acids is 2. The lowest BCUT2D eigenvalue weighted by atomic mass is 10.1. The van der Waals surface area contributed by atoms with E-state index >= 15 is 0 Å². The number of urea groups is 1. The first kappa shape index (κ1) is 24.1. The van der Waals surface area contributed by atoms with E-state index in [0.717, 1.165) is 31.0 Å². The number of halogens is 1. The van der Waals surface area contributed by atoms with Crippen LogP contribution >= 0.6 is 11.3 Å². The minimum absolute atomic E-state index is 0.0380. The number of ether oxygens (including phenoxy) is 1. The van der Waals surface area contributed by atoms with Crippen molar-refractivity contribution < 1.29 is 23.6 Å². The lowest BCUT2D eigenvalue weighted by molar-refractivity contribution is 0.0935. The third-order valence-corrected chi connectivity index (χ3v) is 7.51. The predicted octanol–water partition coefficient (Wildman–Crippen LogP) is 5.36. The largest absolute Gasteiger partial charge is 0.457 e. The highest BCUT2D eigenvalue weighted by Crippen LogP contribution is 2.44. The number of aromatic nitrogens is 1. The van der Waals surface area contributed by atoms with Crippen molar-refractivity contribution in [3.63, 3.8) is 0 Å². The highest BCUT2D eigenvalue weighted by molar-refractivity contribution is 7.21. The van der Waals surface area contributed by atoms with E-state index < -0.39 is 11.8 Å². The maximum absolute atomic E-state index is 13.5. The van der Waals surface area contributed by atoms with Gasteiger partial charge in [0.15, 0.2) is 5.75 Å². The normalized spacial score (nSPS) is 16.7. The van der Waals surface area contributed by atoms with Crippen LogP contribution in [0, 0.1) is 12.7 Å². The monoisotopic (exact) mass is 533 g/mol. The first-order chi connectivity index (χ1) is 18.5. The van der Waals surface area contributed by atoms with Crippen LogP contribution in [0.3, 0.4) is 0 Å². The number of amides is 3. The summed E-state index contributed by atoms with van der Waals surface area (Å²) >= 11 is 1.23. The molecule has 2 aromatic heterocycles. The number of pyridine rings is 1. The van der Waals surface area contributed by atoms with E-state index in [2.05, 4.69) is 20.9 Å². The summed E-state index contributed by atoms with van der Waals surface area (Å²) in [6, 6.07) is 12.2. The number of aryl methyl sites for hydroxylation is 1. The maximum Gasteiger partial charge on any atom is 0.359 e. The summed E-state index contributed by atoms with van der Waals surface area (Å²) < 4.78 is 19.2. The molecular formula is C27H24FN5O4S. The molecule has 0 bridgehead atoms. The van der Waals surface area contributed by atoms with Crippen molar-refractivity contribution in [2.45, 2.75) is 25.8 Å². The van der Waals surface area contributed by atoms with Crippen LogP contribution in [0.1, 0.15) is 28.1 Å². The molecule has 2 aliphatic rings. The molecule has 38 heavy (non-hydrogen) atoms. The van der Waals surface area contributed by atoms with Crippen molar-refractivity contribution in [2.24, 2.45) is 0 Å². The Morgan fingerprint density at radius 2 is 2.08 bits per heavy atom. The number of nitrogens with one attached hydrogen (secondary N) is 3. The molecule has 6 rings (SSSR count). The molecule has 11 heteroatoms. The highest BCUT2D eigenvalue weighted by Gasteiger charge is 2.34. The summed E-state index contributed by atoms with van der Waals surface area (Å²) in [5.74, 6) is 0.676. The second-order valence-corrected chi connectivity index (χ2v) is 10.1. The zero-order valence-corrected chi connectivity index (χ0v) is 21.2. The lowest BCUT2D eigenvalue weighted by Gasteiger charge is -2.28. The molecule has 1 saturated heterocycles. The number of carbonyl (C=O) groups is 2. The fourth-order valence-corrected chi connectivity index (χ4v) is 5.61.